The first kappa shape index (κ1) is 13.5. The lowest BCUT2D eigenvalue weighted by Gasteiger charge is -2.13. The van der Waals surface area contributed by atoms with Crippen LogP contribution in [-0.2, 0) is 13.5 Å². The molecule has 0 atom stereocenters. The molecule has 5 nitrogen and oxygen atoms in total. The van der Waals surface area contributed by atoms with Crippen molar-refractivity contribution in [3.63, 3.8) is 0 Å². The van der Waals surface area contributed by atoms with Crippen molar-refractivity contribution in [3.8, 4) is 0 Å². The summed E-state index contributed by atoms with van der Waals surface area (Å²) in [6.07, 6.45) is 4.83. The summed E-state index contributed by atoms with van der Waals surface area (Å²) in [7, 11) is 1.93. The van der Waals surface area contributed by atoms with Crippen LogP contribution in [-0.4, -0.2) is 34.9 Å². The van der Waals surface area contributed by atoms with Gasteiger partial charge in [0.2, 0.25) is 0 Å². The standard InChI is InChI=1S/C12H23N5/c1-5-13-12(16-10(2)3)14-7-6-11-8-15-17(4)9-11/h8-10H,5-7H2,1-4H3,(H2,13,14,16). The first-order valence-corrected chi connectivity index (χ1v) is 6.14. The Morgan fingerprint density at radius 2 is 2.29 bits per heavy atom. The molecular weight excluding hydrogens is 214 g/mol. The van der Waals surface area contributed by atoms with E-state index in [0.29, 0.717) is 6.04 Å². The van der Waals surface area contributed by atoms with Crippen LogP contribution in [0.15, 0.2) is 17.4 Å². The maximum atomic E-state index is 4.52. The molecule has 1 heterocycles. The first-order chi connectivity index (χ1) is 8.11. The summed E-state index contributed by atoms with van der Waals surface area (Å²) >= 11 is 0. The van der Waals surface area contributed by atoms with Crippen LogP contribution in [0.3, 0.4) is 0 Å². The zero-order valence-corrected chi connectivity index (χ0v) is 11.2. The summed E-state index contributed by atoms with van der Waals surface area (Å²) in [6.45, 7) is 7.93. The number of nitrogens with one attached hydrogen (secondary N) is 2. The predicted octanol–water partition coefficient (Wildman–Crippen LogP) is 0.926. The van der Waals surface area contributed by atoms with Gasteiger partial charge in [0.05, 0.1) is 6.20 Å². The largest absolute Gasteiger partial charge is 0.357 e. The maximum Gasteiger partial charge on any atom is 0.191 e. The lowest BCUT2D eigenvalue weighted by atomic mass is 10.3. The van der Waals surface area contributed by atoms with Crippen molar-refractivity contribution in [2.75, 3.05) is 13.1 Å². The van der Waals surface area contributed by atoms with E-state index in [1.54, 1.807) is 0 Å². The maximum absolute atomic E-state index is 4.52. The molecule has 96 valence electrons. The van der Waals surface area contributed by atoms with Gasteiger partial charge in [0.1, 0.15) is 0 Å². The minimum atomic E-state index is 0.395. The van der Waals surface area contributed by atoms with Gasteiger partial charge in [0, 0.05) is 32.4 Å². The Bertz CT molecular complexity index is 354. The van der Waals surface area contributed by atoms with E-state index < -0.39 is 0 Å². The van der Waals surface area contributed by atoms with Gasteiger partial charge in [-0.2, -0.15) is 5.10 Å². The van der Waals surface area contributed by atoms with Crippen LogP contribution in [0.25, 0.3) is 0 Å². The third kappa shape index (κ3) is 5.38. The van der Waals surface area contributed by atoms with Gasteiger partial charge in [-0.1, -0.05) is 0 Å². The predicted molar refractivity (Wildman–Crippen MR) is 71.2 cm³/mol. The molecule has 0 bridgehead atoms. The van der Waals surface area contributed by atoms with E-state index in [1.165, 1.54) is 5.56 Å². The molecule has 0 unspecified atom stereocenters. The summed E-state index contributed by atoms with van der Waals surface area (Å²) in [5.74, 6) is 0.881. The van der Waals surface area contributed by atoms with Gasteiger partial charge >= 0.3 is 0 Å². The smallest absolute Gasteiger partial charge is 0.191 e. The molecule has 1 aromatic heterocycles. The number of aliphatic imine (C=N–C) groups is 1. The SMILES string of the molecule is CCNC(=NCCc1cnn(C)c1)NC(C)C. The van der Waals surface area contributed by atoms with Crippen molar-refractivity contribution in [1.82, 2.24) is 20.4 Å². The zero-order valence-electron chi connectivity index (χ0n) is 11.2. The summed E-state index contributed by atoms with van der Waals surface area (Å²) in [6, 6.07) is 0.395. The van der Waals surface area contributed by atoms with Crippen LogP contribution in [0.4, 0.5) is 0 Å². The number of hydrogen-bond donors (Lipinski definition) is 2. The van der Waals surface area contributed by atoms with Gasteiger partial charge in [-0.05, 0) is 32.8 Å². The first-order valence-electron chi connectivity index (χ1n) is 6.14. The Labute approximate surface area is 103 Å². The lowest BCUT2D eigenvalue weighted by molar-refractivity contribution is 0.700. The lowest BCUT2D eigenvalue weighted by Crippen LogP contribution is -2.41. The molecule has 0 radical (unpaired) electrons. The molecule has 0 saturated carbocycles. The fraction of sp³-hybridized carbons (Fsp3) is 0.667. The van der Waals surface area contributed by atoms with E-state index >= 15 is 0 Å². The van der Waals surface area contributed by atoms with Gasteiger partial charge in [0.15, 0.2) is 5.96 Å². The van der Waals surface area contributed by atoms with Gasteiger partial charge in [-0.3, -0.25) is 9.67 Å². The molecule has 0 spiro atoms. The van der Waals surface area contributed by atoms with E-state index in [-0.39, 0.29) is 0 Å². The molecule has 2 N–H and O–H groups in total. The van der Waals surface area contributed by atoms with E-state index in [2.05, 4.69) is 41.5 Å². The van der Waals surface area contributed by atoms with Crippen molar-refractivity contribution in [3.05, 3.63) is 18.0 Å². The van der Waals surface area contributed by atoms with Gasteiger partial charge in [-0.25, -0.2) is 0 Å². The summed E-state index contributed by atoms with van der Waals surface area (Å²) < 4.78 is 1.82. The zero-order chi connectivity index (χ0) is 12.7. The molecule has 0 aliphatic rings. The number of aromatic nitrogens is 2. The third-order valence-corrected chi connectivity index (χ3v) is 2.20. The quantitative estimate of drug-likeness (QED) is 0.591. The van der Waals surface area contributed by atoms with Crippen LogP contribution in [0.1, 0.15) is 26.3 Å². The Morgan fingerprint density at radius 1 is 1.53 bits per heavy atom. The Morgan fingerprint density at radius 3 is 2.82 bits per heavy atom. The van der Waals surface area contributed by atoms with Crippen LogP contribution in [0, 0.1) is 0 Å². The van der Waals surface area contributed by atoms with Crippen molar-refractivity contribution in [2.45, 2.75) is 33.2 Å². The van der Waals surface area contributed by atoms with Gasteiger partial charge < -0.3 is 10.6 Å². The van der Waals surface area contributed by atoms with Crippen molar-refractivity contribution in [2.24, 2.45) is 12.0 Å². The number of hydrogen-bond acceptors (Lipinski definition) is 2. The van der Waals surface area contributed by atoms with Gasteiger partial charge in [0.25, 0.3) is 0 Å². The van der Waals surface area contributed by atoms with Crippen LogP contribution >= 0.6 is 0 Å². The van der Waals surface area contributed by atoms with Crippen molar-refractivity contribution >= 4 is 5.96 Å². The molecule has 1 rings (SSSR count). The highest BCUT2D eigenvalue weighted by Crippen LogP contribution is 1.97. The Kier molecular flexibility index (Phi) is 5.52. The molecule has 0 amide bonds. The molecule has 0 aromatic carbocycles. The normalized spacial score (nSPS) is 11.9. The van der Waals surface area contributed by atoms with E-state index in [0.717, 1.165) is 25.5 Å². The number of aryl methyl sites for hydroxylation is 1. The van der Waals surface area contributed by atoms with Crippen LogP contribution in [0.5, 0.6) is 0 Å². The summed E-state index contributed by atoms with van der Waals surface area (Å²) in [4.78, 5) is 4.52. The number of nitrogens with zero attached hydrogens (tertiary/aromatic N) is 3. The molecule has 0 fully saturated rings. The second-order valence-electron chi connectivity index (χ2n) is 4.33. The fourth-order valence-electron chi connectivity index (χ4n) is 1.49. The molecule has 17 heavy (non-hydrogen) atoms. The molecule has 0 aliphatic carbocycles. The fourth-order valence-corrected chi connectivity index (χ4v) is 1.49. The highest BCUT2D eigenvalue weighted by Gasteiger charge is 2.00. The second kappa shape index (κ2) is 6.93. The average Bonchev–Trinajstić information content (AvgIpc) is 2.63. The number of rotatable bonds is 5. The minimum Gasteiger partial charge on any atom is -0.357 e. The third-order valence-electron chi connectivity index (χ3n) is 2.20. The van der Waals surface area contributed by atoms with E-state index in [1.807, 2.05) is 24.1 Å². The van der Waals surface area contributed by atoms with Crippen molar-refractivity contribution < 1.29 is 0 Å². The monoisotopic (exact) mass is 237 g/mol. The van der Waals surface area contributed by atoms with Gasteiger partial charge in [-0.15, -0.1) is 0 Å². The second-order valence-corrected chi connectivity index (χ2v) is 4.33. The topological polar surface area (TPSA) is 54.2 Å². The van der Waals surface area contributed by atoms with Crippen molar-refractivity contribution in [1.29, 1.82) is 0 Å². The minimum absolute atomic E-state index is 0.395. The highest BCUT2D eigenvalue weighted by atomic mass is 15.2. The summed E-state index contributed by atoms with van der Waals surface area (Å²) in [5, 5.41) is 10.6. The summed E-state index contributed by atoms with van der Waals surface area (Å²) in [5.41, 5.74) is 1.22. The molecule has 1 aromatic rings. The molecule has 0 aliphatic heterocycles. The molecule has 0 saturated heterocycles. The molecular formula is C12H23N5. The molecule has 5 heteroatoms. The Balaban J connectivity index is 2.42. The Hall–Kier alpha value is -1.52. The van der Waals surface area contributed by atoms with E-state index in [9.17, 15) is 0 Å². The number of guanidine groups is 1. The highest BCUT2D eigenvalue weighted by molar-refractivity contribution is 5.79. The average molecular weight is 237 g/mol. The van der Waals surface area contributed by atoms with Crippen LogP contribution in [0.2, 0.25) is 0 Å². The van der Waals surface area contributed by atoms with Crippen LogP contribution < -0.4 is 10.6 Å². The van der Waals surface area contributed by atoms with E-state index in [4.69, 9.17) is 0 Å².